The van der Waals surface area contributed by atoms with Crippen LogP contribution >= 0.6 is 23.4 Å². The molecule has 1 aliphatic rings. The summed E-state index contributed by atoms with van der Waals surface area (Å²) in [5.41, 5.74) is 5.24. The average Bonchev–Trinajstić information content (AvgIpc) is 2.61. The summed E-state index contributed by atoms with van der Waals surface area (Å²) in [7, 11) is 0. The summed E-state index contributed by atoms with van der Waals surface area (Å²) in [5.74, 6) is 0. The summed E-state index contributed by atoms with van der Waals surface area (Å²) in [4.78, 5) is 16.4. The highest BCUT2D eigenvalue weighted by Crippen LogP contribution is 2.37. The van der Waals surface area contributed by atoms with E-state index in [0.29, 0.717) is 18.3 Å². The molecule has 0 amide bonds. The predicted molar refractivity (Wildman–Crippen MR) is 116 cm³/mol. The van der Waals surface area contributed by atoms with Gasteiger partial charge in [-0.05, 0) is 68.5 Å². The van der Waals surface area contributed by atoms with Gasteiger partial charge in [-0.1, -0.05) is 30.9 Å². The third-order valence-corrected chi connectivity index (χ3v) is 7.09. The monoisotopic (exact) mass is 404 g/mol. The van der Waals surface area contributed by atoms with Gasteiger partial charge in [0.25, 0.3) is 5.56 Å². The lowest BCUT2D eigenvalue weighted by atomic mass is 10.0. The van der Waals surface area contributed by atoms with Gasteiger partial charge in [0.05, 0.1) is 0 Å². The van der Waals surface area contributed by atoms with Crippen molar-refractivity contribution in [2.75, 3.05) is 0 Å². The molecular weight excluding hydrogens is 376 g/mol. The number of aryl methyl sites for hydroxylation is 2. The maximum absolute atomic E-state index is 12.2. The highest BCUT2D eigenvalue weighted by molar-refractivity contribution is 8.00. The second-order valence-corrected chi connectivity index (χ2v) is 9.39. The van der Waals surface area contributed by atoms with E-state index in [1.807, 2.05) is 37.7 Å². The number of thioether (sulfide) groups is 1. The van der Waals surface area contributed by atoms with E-state index in [2.05, 4.69) is 23.3 Å². The Morgan fingerprint density at radius 1 is 1.11 bits per heavy atom. The first-order valence-corrected chi connectivity index (χ1v) is 11.1. The maximum Gasteiger partial charge on any atom is 0.252 e. The summed E-state index contributed by atoms with van der Waals surface area (Å²) in [6.07, 6.45) is 6.67. The van der Waals surface area contributed by atoms with Crippen molar-refractivity contribution in [2.45, 2.75) is 76.1 Å². The molecule has 2 aromatic rings. The Kier molecular flexibility index (Phi) is 7.07. The molecule has 0 atom stereocenters. The number of aromatic amines is 1. The van der Waals surface area contributed by atoms with E-state index in [1.54, 1.807) is 0 Å². The molecule has 5 heteroatoms. The molecule has 1 heterocycles. The van der Waals surface area contributed by atoms with Crippen LogP contribution in [0.5, 0.6) is 0 Å². The van der Waals surface area contributed by atoms with Crippen LogP contribution in [0.4, 0.5) is 0 Å². The van der Waals surface area contributed by atoms with Crippen molar-refractivity contribution in [3.05, 3.63) is 61.5 Å². The van der Waals surface area contributed by atoms with E-state index in [0.717, 1.165) is 21.8 Å². The molecule has 1 aromatic heterocycles. The van der Waals surface area contributed by atoms with Crippen molar-refractivity contribution in [3.63, 3.8) is 0 Å². The van der Waals surface area contributed by atoms with Gasteiger partial charge in [0, 0.05) is 39.5 Å². The number of H-pyrrole nitrogens is 1. The molecule has 1 saturated carbocycles. The molecular formula is C22H29ClN2OS. The third kappa shape index (κ3) is 5.40. The van der Waals surface area contributed by atoms with Gasteiger partial charge in [-0.2, -0.15) is 0 Å². The van der Waals surface area contributed by atoms with Crippen LogP contribution in [0.25, 0.3) is 0 Å². The van der Waals surface area contributed by atoms with Gasteiger partial charge in [-0.3, -0.25) is 4.79 Å². The SMILES string of the molecule is Cc1cc(C)c(CNCc2cc(Cl)cc(SC3CCCCC3)c2C)c(=O)[nH]1. The molecule has 1 fully saturated rings. The Bertz CT molecular complexity index is 856. The summed E-state index contributed by atoms with van der Waals surface area (Å²) < 4.78 is 0. The molecule has 1 aromatic carbocycles. The number of benzene rings is 1. The minimum absolute atomic E-state index is 0.00337. The Morgan fingerprint density at radius 2 is 1.85 bits per heavy atom. The topological polar surface area (TPSA) is 44.9 Å². The highest BCUT2D eigenvalue weighted by atomic mass is 35.5. The van der Waals surface area contributed by atoms with Crippen LogP contribution < -0.4 is 10.9 Å². The minimum Gasteiger partial charge on any atom is -0.326 e. The maximum atomic E-state index is 12.2. The smallest absolute Gasteiger partial charge is 0.252 e. The highest BCUT2D eigenvalue weighted by Gasteiger charge is 2.17. The van der Waals surface area contributed by atoms with E-state index in [9.17, 15) is 4.79 Å². The second-order valence-electron chi connectivity index (χ2n) is 7.61. The fourth-order valence-corrected chi connectivity index (χ4v) is 5.54. The first kappa shape index (κ1) is 20.5. The quantitative estimate of drug-likeness (QED) is 0.652. The Labute approximate surface area is 171 Å². The van der Waals surface area contributed by atoms with Crippen molar-refractivity contribution in [2.24, 2.45) is 0 Å². The van der Waals surface area contributed by atoms with Crippen LogP contribution in [0.15, 0.2) is 27.9 Å². The predicted octanol–water partition coefficient (Wildman–Crippen LogP) is 5.67. The molecule has 2 N–H and O–H groups in total. The van der Waals surface area contributed by atoms with Gasteiger partial charge in [0.1, 0.15) is 0 Å². The molecule has 146 valence electrons. The van der Waals surface area contributed by atoms with Gasteiger partial charge >= 0.3 is 0 Å². The largest absolute Gasteiger partial charge is 0.326 e. The molecule has 0 saturated heterocycles. The lowest BCUT2D eigenvalue weighted by Gasteiger charge is -2.22. The van der Waals surface area contributed by atoms with Crippen molar-refractivity contribution < 1.29 is 0 Å². The van der Waals surface area contributed by atoms with Crippen LogP contribution in [0, 0.1) is 20.8 Å². The van der Waals surface area contributed by atoms with Gasteiger partial charge in [0.2, 0.25) is 0 Å². The van der Waals surface area contributed by atoms with Gasteiger partial charge < -0.3 is 10.3 Å². The van der Waals surface area contributed by atoms with E-state index in [4.69, 9.17) is 11.6 Å². The first-order valence-electron chi connectivity index (χ1n) is 9.80. The lowest BCUT2D eigenvalue weighted by molar-refractivity contribution is 0.516. The number of halogens is 1. The third-order valence-electron chi connectivity index (χ3n) is 5.39. The summed E-state index contributed by atoms with van der Waals surface area (Å²) in [5, 5.41) is 4.94. The molecule has 3 nitrogen and oxygen atoms in total. The zero-order chi connectivity index (χ0) is 19.4. The van der Waals surface area contributed by atoms with Crippen LogP contribution in [0.2, 0.25) is 5.02 Å². The number of aromatic nitrogens is 1. The van der Waals surface area contributed by atoms with Gasteiger partial charge in [-0.15, -0.1) is 11.8 Å². The van der Waals surface area contributed by atoms with Crippen molar-refractivity contribution in [3.8, 4) is 0 Å². The summed E-state index contributed by atoms with van der Waals surface area (Å²) >= 11 is 8.40. The summed E-state index contributed by atoms with van der Waals surface area (Å²) in [6, 6.07) is 6.16. The molecule has 0 bridgehead atoms. The van der Waals surface area contributed by atoms with E-state index in [1.165, 1.54) is 48.1 Å². The van der Waals surface area contributed by atoms with Crippen molar-refractivity contribution >= 4 is 23.4 Å². The molecule has 0 spiro atoms. The minimum atomic E-state index is -0.00337. The standard InChI is InChI=1S/C22H29ClN2OS/c1-14-9-15(2)25-22(26)20(14)13-24-12-17-10-18(23)11-21(16(17)3)27-19-7-5-4-6-8-19/h9-11,19,24H,4-8,12-13H2,1-3H3,(H,25,26). The van der Waals surface area contributed by atoms with E-state index < -0.39 is 0 Å². The number of nitrogens with one attached hydrogen (secondary N) is 2. The molecule has 1 aliphatic carbocycles. The number of rotatable bonds is 6. The zero-order valence-electron chi connectivity index (χ0n) is 16.5. The van der Waals surface area contributed by atoms with E-state index >= 15 is 0 Å². The van der Waals surface area contributed by atoms with Crippen LogP contribution in [-0.2, 0) is 13.1 Å². The Hall–Kier alpha value is -1.23. The van der Waals surface area contributed by atoms with Crippen molar-refractivity contribution in [1.82, 2.24) is 10.3 Å². The zero-order valence-corrected chi connectivity index (χ0v) is 18.0. The van der Waals surface area contributed by atoms with E-state index in [-0.39, 0.29) is 5.56 Å². The lowest BCUT2D eigenvalue weighted by Crippen LogP contribution is -2.23. The van der Waals surface area contributed by atoms with Crippen LogP contribution in [0.3, 0.4) is 0 Å². The van der Waals surface area contributed by atoms with Crippen LogP contribution in [-0.4, -0.2) is 10.2 Å². The van der Waals surface area contributed by atoms with Crippen molar-refractivity contribution in [1.29, 1.82) is 0 Å². The van der Waals surface area contributed by atoms with Crippen LogP contribution in [0.1, 0.15) is 60.1 Å². The van der Waals surface area contributed by atoms with Gasteiger partial charge in [0.15, 0.2) is 0 Å². The molecule has 0 aliphatic heterocycles. The number of pyridine rings is 1. The number of hydrogen-bond acceptors (Lipinski definition) is 3. The molecule has 27 heavy (non-hydrogen) atoms. The Morgan fingerprint density at radius 3 is 2.56 bits per heavy atom. The molecule has 0 radical (unpaired) electrons. The average molecular weight is 405 g/mol. The number of hydrogen-bond donors (Lipinski definition) is 2. The fraction of sp³-hybridized carbons (Fsp3) is 0.500. The first-order chi connectivity index (χ1) is 12.9. The molecule has 3 rings (SSSR count). The van der Waals surface area contributed by atoms with Gasteiger partial charge in [-0.25, -0.2) is 0 Å². The Balaban J connectivity index is 1.69. The second kappa shape index (κ2) is 9.31. The summed E-state index contributed by atoms with van der Waals surface area (Å²) in [6.45, 7) is 7.34. The normalized spacial score (nSPS) is 15.3. The molecule has 0 unspecified atom stereocenters. The fourth-order valence-electron chi connectivity index (χ4n) is 3.80.